The van der Waals surface area contributed by atoms with Gasteiger partial charge in [-0.25, -0.2) is 0 Å². The molecule has 0 radical (unpaired) electrons. The fourth-order valence-electron chi connectivity index (χ4n) is 1.92. The van der Waals surface area contributed by atoms with Gasteiger partial charge in [0.25, 0.3) is 0 Å². The molecule has 0 spiro atoms. The fraction of sp³-hybridized carbons (Fsp3) is 0.357. The zero-order chi connectivity index (χ0) is 13.0. The highest BCUT2D eigenvalue weighted by atomic mass is 16.5. The molecule has 0 aliphatic rings. The molecule has 1 heterocycles. The number of amides is 1. The van der Waals surface area contributed by atoms with E-state index in [1.165, 1.54) is 6.92 Å². The summed E-state index contributed by atoms with van der Waals surface area (Å²) in [5.41, 5.74) is 2.01. The number of furan rings is 1. The molecule has 4 nitrogen and oxygen atoms in total. The average molecular weight is 247 g/mol. The average Bonchev–Trinajstić information content (AvgIpc) is 2.76. The topological polar surface area (TPSA) is 51.5 Å². The summed E-state index contributed by atoms with van der Waals surface area (Å²) >= 11 is 0. The molecule has 2 rings (SSSR count). The highest BCUT2D eigenvalue weighted by Crippen LogP contribution is 2.26. The molecular weight excluding hydrogens is 230 g/mol. The van der Waals surface area contributed by atoms with Crippen molar-refractivity contribution in [1.82, 2.24) is 5.32 Å². The molecule has 0 fully saturated rings. The van der Waals surface area contributed by atoms with Crippen molar-refractivity contribution < 1.29 is 13.9 Å². The highest BCUT2D eigenvalue weighted by Gasteiger charge is 2.06. The van der Waals surface area contributed by atoms with E-state index in [0.717, 1.165) is 35.1 Å². The van der Waals surface area contributed by atoms with Crippen LogP contribution in [0.15, 0.2) is 28.9 Å². The summed E-state index contributed by atoms with van der Waals surface area (Å²) in [4.78, 5) is 10.8. The maximum atomic E-state index is 10.8. The minimum Gasteiger partial charge on any atom is -0.497 e. The predicted octanol–water partition coefficient (Wildman–Crippen LogP) is 2.51. The molecular formula is C14H17NO3. The van der Waals surface area contributed by atoms with Gasteiger partial charge in [0.2, 0.25) is 5.91 Å². The summed E-state index contributed by atoms with van der Waals surface area (Å²) in [5.74, 6) is 0.834. The van der Waals surface area contributed by atoms with Crippen LogP contribution >= 0.6 is 0 Å². The van der Waals surface area contributed by atoms with Crippen LogP contribution in [0.25, 0.3) is 11.0 Å². The number of hydrogen-bond acceptors (Lipinski definition) is 3. The van der Waals surface area contributed by atoms with Crippen molar-refractivity contribution in [2.75, 3.05) is 13.7 Å². The van der Waals surface area contributed by atoms with E-state index in [4.69, 9.17) is 9.15 Å². The van der Waals surface area contributed by atoms with Crippen molar-refractivity contribution in [2.24, 2.45) is 0 Å². The van der Waals surface area contributed by atoms with E-state index in [1.807, 2.05) is 18.2 Å². The van der Waals surface area contributed by atoms with Crippen LogP contribution in [0.1, 0.15) is 18.9 Å². The van der Waals surface area contributed by atoms with E-state index in [-0.39, 0.29) is 5.91 Å². The zero-order valence-corrected chi connectivity index (χ0v) is 10.7. The van der Waals surface area contributed by atoms with Crippen LogP contribution < -0.4 is 10.1 Å². The largest absolute Gasteiger partial charge is 0.497 e. The van der Waals surface area contributed by atoms with Gasteiger partial charge in [0.15, 0.2) is 0 Å². The smallest absolute Gasteiger partial charge is 0.216 e. The second kappa shape index (κ2) is 5.58. The minimum atomic E-state index is 0.00807. The lowest BCUT2D eigenvalue weighted by Gasteiger charge is -2.02. The van der Waals surface area contributed by atoms with Crippen molar-refractivity contribution in [3.8, 4) is 5.75 Å². The maximum absolute atomic E-state index is 10.8. The summed E-state index contributed by atoms with van der Waals surface area (Å²) in [6.45, 7) is 2.21. The molecule has 1 aromatic carbocycles. The Kier molecular flexibility index (Phi) is 3.87. The lowest BCUT2D eigenvalue weighted by molar-refractivity contribution is -0.118. The molecule has 4 heteroatoms. The number of carbonyl (C=O) groups excluding carboxylic acids is 1. The minimum absolute atomic E-state index is 0.00807. The Morgan fingerprint density at radius 2 is 2.28 bits per heavy atom. The molecule has 1 amide bonds. The second-order valence-electron chi connectivity index (χ2n) is 4.21. The third kappa shape index (κ3) is 2.83. The van der Waals surface area contributed by atoms with E-state index < -0.39 is 0 Å². The molecule has 1 N–H and O–H groups in total. The standard InChI is InChI=1S/C14H17NO3/c1-10(16)15-7-3-4-11-9-18-14-6-5-12(17-2)8-13(11)14/h5-6,8-9H,3-4,7H2,1-2H3,(H,15,16). The van der Waals surface area contributed by atoms with E-state index in [9.17, 15) is 4.79 Å². The third-order valence-electron chi connectivity index (χ3n) is 2.86. The lowest BCUT2D eigenvalue weighted by atomic mass is 10.1. The molecule has 0 bridgehead atoms. The number of hydrogen-bond donors (Lipinski definition) is 1. The van der Waals surface area contributed by atoms with E-state index in [1.54, 1.807) is 13.4 Å². The summed E-state index contributed by atoms with van der Waals surface area (Å²) in [6.07, 6.45) is 3.55. The zero-order valence-electron chi connectivity index (χ0n) is 10.7. The predicted molar refractivity (Wildman–Crippen MR) is 69.8 cm³/mol. The number of nitrogens with one attached hydrogen (secondary N) is 1. The number of carbonyl (C=O) groups is 1. The van der Waals surface area contributed by atoms with Crippen LogP contribution in [0, 0.1) is 0 Å². The Hall–Kier alpha value is -1.97. The van der Waals surface area contributed by atoms with E-state index in [2.05, 4.69) is 5.32 Å². The molecule has 96 valence electrons. The van der Waals surface area contributed by atoms with E-state index >= 15 is 0 Å². The van der Waals surface area contributed by atoms with Gasteiger partial charge in [0.05, 0.1) is 13.4 Å². The lowest BCUT2D eigenvalue weighted by Crippen LogP contribution is -2.21. The molecule has 0 saturated heterocycles. The van der Waals surface area contributed by atoms with Gasteiger partial charge in [-0.2, -0.15) is 0 Å². The van der Waals surface area contributed by atoms with Crippen LogP contribution in [0.3, 0.4) is 0 Å². The van der Waals surface area contributed by atoms with Crippen molar-refractivity contribution in [3.63, 3.8) is 0 Å². The van der Waals surface area contributed by atoms with Crippen LogP contribution in [-0.2, 0) is 11.2 Å². The van der Waals surface area contributed by atoms with Crippen LogP contribution in [0.4, 0.5) is 0 Å². The monoisotopic (exact) mass is 247 g/mol. The Morgan fingerprint density at radius 3 is 3.00 bits per heavy atom. The second-order valence-corrected chi connectivity index (χ2v) is 4.21. The third-order valence-corrected chi connectivity index (χ3v) is 2.86. The Morgan fingerprint density at radius 1 is 1.44 bits per heavy atom. The molecule has 0 saturated carbocycles. The molecule has 2 aromatic rings. The SMILES string of the molecule is COc1ccc2occ(CCCNC(C)=O)c2c1. The fourth-order valence-corrected chi connectivity index (χ4v) is 1.92. The first-order valence-electron chi connectivity index (χ1n) is 5.99. The number of fused-ring (bicyclic) bond motifs is 1. The highest BCUT2D eigenvalue weighted by molar-refractivity contribution is 5.82. The van der Waals surface area contributed by atoms with Gasteiger partial charge in [-0.15, -0.1) is 0 Å². The van der Waals surface area contributed by atoms with Gasteiger partial charge in [-0.05, 0) is 36.6 Å². The first-order chi connectivity index (χ1) is 8.70. The normalized spacial score (nSPS) is 10.6. The number of rotatable bonds is 5. The molecule has 0 atom stereocenters. The van der Waals surface area contributed by atoms with Crippen LogP contribution in [-0.4, -0.2) is 19.6 Å². The number of aryl methyl sites for hydroxylation is 1. The van der Waals surface area contributed by atoms with Crippen molar-refractivity contribution in [1.29, 1.82) is 0 Å². The summed E-state index contributed by atoms with van der Waals surface area (Å²) in [6, 6.07) is 5.77. The van der Waals surface area contributed by atoms with E-state index in [0.29, 0.717) is 6.54 Å². The van der Waals surface area contributed by atoms with Crippen molar-refractivity contribution >= 4 is 16.9 Å². The number of ether oxygens (including phenoxy) is 1. The summed E-state index contributed by atoms with van der Waals surface area (Å²) < 4.78 is 10.7. The van der Waals surface area contributed by atoms with Gasteiger partial charge >= 0.3 is 0 Å². The van der Waals surface area contributed by atoms with Crippen molar-refractivity contribution in [3.05, 3.63) is 30.0 Å². The molecule has 1 aromatic heterocycles. The Balaban J connectivity index is 2.06. The number of benzene rings is 1. The van der Waals surface area contributed by atoms with Crippen LogP contribution in [0.2, 0.25) is 0 Å². The quantitative estimate of drug-likeness (QED) is 0.826. The molecule has 0 aliphatic heterocycles. The molecule has 0 unspecified atom stereocenters. The summed E-state index contributed by atoms with van der Waals surface area (Å²) in [7, 11) is 1.65. The van der Waals surface area contributed by atoms with Gasteiger partial charge in [-0.3, -0.25) is 4.79 Å². The number of methoxy groups -OCH3 is 1. The van der Waals surface area contributed by atoms with Gasteiger partial charge < -0.3 is 14.5 Å². The molecule has 18 heavy (non-hydrogen) atoms. The summed E-state index contributed by atoms with van der Waals surface area (Å²) in [5, 5.41) is 3.87. The first-order valence-corrected chi connectivity index (χ1v) is 5.99. The van der Waals surface area contributed by atoms with Gasteiger partial charge in [0, 0.05) is 18.9 Å². The van der Waals surface area contributed by atoms with Crippen molar-refractivity contribution in [2.45, 2.75) is 19.8 Å². The maximum Gasteiger partial charge on any atom is 0.216 e. The van der Waals surface area contributed by atoms with Gasteiger partial charge in [-0.1, -0.05) is 0 Å². The Labute approximate surface area is 106 Å². The van der Waals surface area contributed by atoms with Gasteiger partial charge in [0.1, 0.15) is 11.3 Å². The Bertz CT molecular complexity index is 545. The van der Waals surface area contributed by atoms with Crippen LogP contribution in [0.5, 0.6) is 5.75 Å². The first kappa shape index (κ1) is 12.5. The molecule has 0 aliphatic carbocycles.